The first-order valence-electron chi connectivity index (χ1n) is 9.77. The van der Waals surface area contributed by atoms with Crippen molar-refractivity contribution in [2.45, 2.75) is 31.3 Å². The summed E-state index contributed by atoms with van der Waals surface area (Å²) in [7, 11) is 4.32. The molecular weight excluding hydrogens is 341 g/mol. The van der Waals surface area contributed by atoms with Gasteiger partial charge in [-0.25, -0.2) is 9.37 Å². The topological polar surface area (TPSA) is 40.1 Å². The average molecular weight is 367 g/mol. The van der Waals surface area contributed by atoms with Crippen LogP contribution in [0.15, 0.2) is 30.6 Å². The molecule has 4 heterocycles. The van der Waals surface area contributed by atoms with Crippen LogP contribution in [0.3, 0.4) is 0 Å². The number of H-pyrrole nitrogens is 1. The summed E-state index contributed by atoms with van der Waals surface area (Å²) in [5, 5.41) is 0.981. The number of halogens is 1. The minimum absolute atomic E-state index is 0.0755. The van der Waals surface area contributed by atoms with Gasteiger partial charge in [-0.05, 0) is 44.2 Å². The van der Waals surface area contributed by atoms with Crippen molar-refractivity contribution in [3.63, 3.8) is 0 Å². The van der Waals surface area contributed by atoms with Crippen LogP contribution in [0.25, 0.3) is 10.9 Å². The van der Waals surface area contributed by atoms with Gasteiger partial charge in [0.1, 0.15) is 5.82 Å². The highest BCUT2D eigenvalue weighted by molar-refractivity contribution is 5.81. The van der Waals surface area contributed by atoms with E-state index < -0.39 is 0 Å². The van der Waals surface area contributed by atoms with E-state index >= 15 is 0 Å². The highest BCUT2D eigenvalue weighted by Crippen LogP contribution is 2.41. The SMILES string of the molecule is CN1CCc2[nH]cnc2C12CCN(Cc1cc3cc(F)ccc3n1C)CC2. The lowest BCUT2D eigenvalue weighted by molar-refractivity contribution is 0.0216. The van der Waals surface area contributed by atoms with Gasteiger partial charge in [-0.3, -0.25) is 9.80 Å². The minimum atomic E-state index is -0.172. The molecule has 27 heavy (non-hydrogen) atoms. The maximum atomic E-state index is 13.5. The van der Waals surface area contributed by atoms with Gasteiger partial charge >= 0.3 is 0 Å². The zero-order chi connectivity index (χ0) is 18.6. The van der Waals surface area contributed by atoms with Crippen LogP contribution in [0.1, 0.15) is 29.9 Å². The predicted molar refractivity (Wildman–Crippen MR) is 104 cm³/mol. The third-order valence-electron chi connectivity index (χ3n) is 6.76. The number of likely N-dealkylation sites (N-methyl/N-ethyl adjacent to an activating group) is 1. The van der Waals surface area contributed by atoms with Crippen molar-refractivity contribution in [3.05, 3.63) is 53.5 Å². The highest BCUT2D eigenvalue weighted by Gasteiger charge is 2.44. The molecule has 6 heteroatoms. The number of nitrogens with one attached hydrogen (secondary N) is 1. The second-order valence-corrected chi connectivity index (χ2v) is 8.11. The Bertz CT molecular complexity index is 980. The molecule has 2 aliphatic rings. The fourth-order valence-corrected chi connectivity index (χ4v) is 5.04. The second kappa shape index (κ2) is 6.17. The summed E-state index contributed by atoms with van der Waals surface area (Å²) in [6, 6.07) is 7.16. The van der Waals surface area contributed by atoms with E-state index in [2.05, 4.69) is 44.5 Å². The molecule has 5 rings (SSSR count). The molecule has 2 aromatic heterocycles. The van der Waals surface area contributed by atoms with Crippen LogP contribution in [0.5, 0.6) is 0 Å². The summed E-state index contributed by atoms with van der Waals surface area (Å²) in [5.41, 5.74) is 4.98. The standard InChI is InChI=1S/C21H26FN5/c1-25-8-5-18-20(24-14-23-18)21(25)6-9-27(10-7-21)13-17-12-15-11-16(22)3-4-19(15)26(17)2/h3-4,11-12,14H,5-10,13H2,1-2H3,(H,23,24). The third-order valence-corrected chi connectivity index (χ3v) is 6.76. The van der Waals surface area contributed by atoms with Crippen molar-refractivity contribution in [2.75, 3.05) is 26.7 Å². The van der Waals surface area contributed by atoms with Crippen LogP contribution >= 0.6 is 0 Å². The van der Waals surface area contributed by atoms with Gasteiger partial charge in [-0.1, -0.05) is 0 Å². The smallest absolute Gasteiger partial charge is 0.123 e. The van der Waals surface area contributed by atoms with Gasteiger partial charge in [0.15, 0.2) is 0 Å². The predicted octanol–water partition coefficient (Wildman–Crippen LogP) is 3.02. The Kier molecular flexibility index (Phi) is 3.88. The number of piperidine rings is 1. The van der Waals surface area contributed by atoms with Crippen molar-refractivity contribution in [2.24, 2.45) is 7.05 Å². The van der Waals surface area contributed by atoms with E-state index in [0.29, 0.717) is 0 Å². The Morgan fingerprint density at radius 2 is 1.96 bits per heavy atom. The monoisotopic (exact) mass is 367 g/mol. The molecule has 1 N–H and O–H groups in total. The molecule has 1 saturated heterocycles. The first kappa shape index (κ1) is 17.0. The molecule has 0 atom stereocenters. The lowest BCUT2D eigenvalue weighted by Crippen LogP contribution is -2.54. The van der Waals surface area contributed by atoms with Crippen LogP contribution in [-0.2, 0) is 25.6 Å². The molecule has 0 amide bonds. The molecule has 1 spiro atoms. The number of likely N-dealkylation sites (tertiary alicyclic amines) is 1. The maximum absolute atomic E-state index is 13.5. The van der Waals surface area contributed by atoms with Crippen LogP contribution in [-0.4, -0.2) is 51.0 Å². The van der Waals surface area contributed by atoms with E-state index in [9.17, 15) is 4.39 Å². The largest absolute Gasteiger partial charge is 0.348 e. The molecule has 0 radical (unpaired) electrons. The number of rotatable bonds is 2. The number of fused-ring (bicyclic) bond motifs is 3. The summed E-state index contributed by atoms with van der Waals surface area (Å²) in [6.07, 6.45) is 5.11. The van der Waals surface area contributed by atoms with E-state index in [-0.39, 0.29) is 11.4 Å². The average Bonchev–Trinajstić information content (AvgIpc) is 3.26. The quantitative estimate of drug-likeness (QED) is 0.757. The second-order valence-electron chi connectivity index (χ2n) is 8.11. The fraction of sp³-hybridized carbons (Fsp3) is 0.476. The first-order chi connectivity index (χ1) is 13.1. The Morgan fingerprint density at radius 3 is 2.78 bits per heavy atom. The van der Waals surface area contributed by atoms with Gasteiger partial charge in [0.05, 0.1) is 17.6 Å². The van der Waals surface area contributed by atoms with Crippen LogP contribution < -0.4 is 0 Å². The molecule has 2 aliphatic heterocycles. The first-order valence-corrected chi connectivity index (χ1v) is 9.77. The molecule has 0 saturated carbocycles. The number of imidazole rings is 1. The van der Waals surface area contributed by atoms with Gasteiger partial charge < -0.3 is 9.55 Å². The van der Waals surface area contributed by atoms with E-state index in [4.69, 9.17) is 0 Å². The third kappa shape index (κ3) is 2.62. The maximum Gasteiger partial charge on any atom is 0.123 e. The molecule has 0 aliphatic carbocycles. The normalized spacial score (nSPS) is 20.4. The Morgan fingerprint density at radius 1 is 1.15 bits per heavy atom. The molecule has 1 fully saturated rings. The number of benzene rings is 1. The van der Waals surface area contributed by atoms with Gasteiger partial charge in [0.2, 0.25) is 0 Å². The van der Waals surface area contributed by atoms with Gasteiger partial charge in [0.25, 0.3) is 0 Å². The lowest BCUT2D eigenvalue weighted by Gasteiger charge is -2.49. The summed E-state index contributed by atoms with van der Waals surface area (Å²) < 4.78 is 15.7. The van der Waals surface area contributed by atoms with E-state index in [0.717, 1.165) is 56.3 Å². The molecule has 1 aromatic carbocycles. The minimum Gasteiger partial charge on any atom is -0.348 e. The van der Waals surface area contributed by atoms with Crippen molar-refractivity contribution < 1.29 is 4.39 Å². The van der Waals surface area contributed by atoms with Gasteiger partial charge in [0, 0.05) is 61.9 Å². The Labute approximate surface area is 158 Å². The molecule has 0 bridgehead atoms. The molecule has 142 valence electrons. The summed E-state index contributed by atoms with van der Waals surface area (Å²) >= 11 is 0. The van der Waals surface area contributed by atoms with Crippen molar-refractivity contribution in [1.29, 1.82) is 0 Å². The number of aromatic nitrogens is 3. The van der Waals surface area contributed by atoms with Gasteiger partial charge in [-0.2, -0.15) is 0 Å². The summed E-state index contributed by atoms with van der Waals surface area (Å²) in [4.78, 5) is 13.1. The van der Waals surface area contributed by atoms with E-state index in [1.807, 2.05) is 12.4 Å². The van der Waals surface area contributed by atoms with Crippen LogP contribution in [0, 0.1) is 5.82 Å². The number of hydrogen-bond donors (Lipinski definition) is 1. The summed E-state index contributed by atoms with van der Waals surface area (Å²) in [5.74, 6) is -0.172. The van der Waals surface area contributed by atoms with Crippen LogP contribution in [0.2, 0.25) is 0 Å². The zero-order valence-electron chi connectivity index (χ0n) is 16.0. The van der Waals surface area contributed by atoms with Crippen LogP contribution in [0.4, 0.5) is 4.39 Å². The highest BCUT2D eigenvalue weighted by atomic mass is 19.1. The number of aromatic amines is 1. The molecule has 3 aromatic rings. The van der Waals surface area contributed by atoms with Gasteiger partial charge in [-0.15, -0.1) is 0 Å². The summed E-state index contributed by atoms with van der Waals surface area (Å²) in [6.45, 7) is 4.09. The number of nitrogens with zero attached hydrogens (tertiary/aromatic N) is 4. The molecular formula is C21H26FN5. The van der Waals surface area contributed by atoms with Crippen molar-refractivity contribution >= 4 is 10.9 Å². The molecule has 0 unspecified atom stereocenters. The Hall–Kier alpha value is -2.18. The van der Waals surface area contributed by atoms with Crippen molar-refractivity contribution in [3.8, 4) is 0 Å². The van der Waals surface area contributed by atoms with Crippen molar-refractivity contribution in [1.82, 2.24) is 24.3 Å². The molecule has 5 nitrogen and oxygen atoms in total. The fourth-order valence-electron chi connectivity index (χ4n) is 5.04. The number of aryl methyl sites for hydroxylation is 1. The zero-order valence-corrected chi connectivity index (χ0v) is 16.0. The number of hydrogen-bond acceptors (Lipinski definition) is 3. The Balaban J connectivity index is 1.35. The van der Waals surface area contributed by atoms with E-state index in [1.54, 1.807) is 6.07 Å². The lowest BCUT2D eigenvalue weighted by atomic mass is 9.79. The van der Waals surface area contributed by atoms with E-state index in [1.165, 1.54) is 23.1 Å².